The lowest BCUT2D eigenvalue weighted by Gasteiger charge is -2.28. The van der Waals surface area contributed by atoms with Gasteiger partial charge in [-0.25, -0.2) is 0 Å². The maximum Gasteiger partial charge on any atom is 0.159 e. The molecule has 3 N–H and O–H groups in total. The number of phenolic OH excluding ortho intramolecular Hbond substituents is 1. The van der Waals surface area contributed by atoms with Crippen LogP contribution in [0.25, 0.3) is 12.2 Å². The molecule has 3 aromatic rings. The summed E-state index contributed by atoms with van der Waals surface area (Å²) in [7, 11) is 0. The maximum absolute atomic E-state index is 10.4. The Hall–Kier alpha value is -3.09. The van der Waals surface area contributed by atoms with Crippen LogP contribution in [0.4, 0.5) is 0 Å². The number of β-amino-alcohol motifs (C(OH)–C–C–N with tert-alkyl or cyclic N) is 1. The number of hydrogen-bond acceptors (Lipinski definition) is 6. The molecule has 0 aliphatic rings. The van der Waals surface area contributed by atoms with Gasteiger partial charge in [-0.2, -0.15) is 0 Å². The van der Waals surface area contributed by atoms with Gasteiger partial charge in [0.25, 0.3) is 0 Å². The van der Waals surface area contributed by atoms with Crippen molar-refractivity contribution in [1.82, 2.24) is 10.5 Å². The van der Waals surface area contributed by atoms with Gasteiger partial charge in [-0.3, -0.25) is 0 Å². The highest BCUT2D eigenvalue weighted by atomic mass is 16.5. The number of nitrogens with zero attached hydrogens (tertiary/aromatic N) is 1. The minimum atomic E-state index is -0.683. The fraction of sp³-hybridized carbons (Fsp3) is 0.320. The van der Waals surface area contributed by atoms with Gasteiger partial charge in [0.05, 0.1) is 5.69 Å². The highest BCUT2D eigenvalue weighted by Crippen LogP contribution is 2.22. The molecule has 0 amide bonds. The summed E-state index contributed by atoms with van der Waals surface area (Å²) in [4.78, 5) is 0. The third-order valence-corrected chi connectivity index (χ3v) is 4.86. The predicted molar refractivity (Wildman–Crippen MR) is 122 cm³/mol. The molecule has 31 heavy (non-hydrogen) atoms. The molecule has 0 fully saturated rings. The van der Waals surface area contributed by atoms with E-state index in [9.17, 15) is 10.2 Å². The van der Waals surface area contributed by atoms with Gasteiger partial charge in [-0.05, 0) is 57.0 Å². The Labute approximate surface area is 183 Å². The van der Waals surface area contributed by atoms with Crippen LogP contribution in [-0.2, 0) is 6.42 Å². The Morgan fingerprint density at radius 3 is 2.61 bits per heavy atom. The number of ether oxygens (including phenoxy) is 1. The SMILES string of the molecule is Cc1cc(C=Cc2ccccc2OCC(O)CNC(C)(C)Cc2ccccc2O)on1. The molecule has 1 unspecified atom stereocenters. The van der Waals surface area contributed by atoms with E-state index in [1.54, 1.807) is 12.1 Å². The first kappa shape index (κ1) is 22.6. The minimum absolute atomic E-state index is 0.159. The zero-order chi connectivity index (χ0) is 22.3. The first-order valence-electron chi connectivity index (χ1n) is 10.4. The lowest BCUT2D eigenvalue weighted by molar-refractivity contribution is 0.0987. The van der Waals surface area contributed by atoms with Crippen LogP contribution < -0.4 is 10.1 Å². The van der Waals surface area contributed by atoms with Gasteiger partial charge in [0.2, 0.25) is 0 Å². The Balaban J connectivity index is 1.52. The standard InChI is InChI=1S/C25H30N2O4/c1-18-14-22(31-27-18)13-12-19-8-5-7-11-24(19)30-17-21(28)16-26-25(2,3)15-20-9-4-6-10-23(20)29/h4-14,21,26,28-29H,15-17H2,1-3H3. The van der Waals surface area contributed by atoms with Gasteiger partial charge in [0.15, 0.2) is 5.76 Å². The molecule has 0 saturated carbocycles. The topological polar surface area (TPSA) is 87.8 Å². The van der Waals surface area contributed by atoms with E-state index in [0.717, 1.165) is 16.8 Å². The number of nitrogens with one attached hydrogen (secondary N) is 1. The average Bonchev–Trinajstić information content (AvgIpc) is 3.16. The second-order valence-corrected chi connectivity index (χ2v) is 8.28. The number of hydrogen-bond donors (Lipinski definition) is 3. The average molecular weight is 423 g/mol. The van der Waals surface area contributed by atoms with Crippen LogP contribution in [0, 0.1) is 6.92 Å². The third kappa shape index (κ3) is 6.98. The van der Waals surface area contributed by atoms with Gasteiger partial charge in [0.1, 0.15) is 24.2 Å². The highest BCUT2D eigenvalue weighted by molar-refractivity contribution is 5.70. The van der Waals surface area contributed by atoms with Crippen LogP contribution >= 0.6 is 0 Å². The van der Waals surface area contributed by atoms with Gasteiger partial charge in [-0.1, -0.05) is 41.6 Å². The van der Waals surface area contributed by atoms with Crippen LogP contribution in [0.1, 0.15) is 36.4 Å². The Bertz CT molecular complexity index is 1010. The van der Waals surface area contributed by atoms with Crippen molar-refractivity contribution in [3.8, 4) is 11.5 Å². The molecular weight excluding hydrogens is 392 g/mol. The summed E-state index contributed by atoms with van der Waals surface area (Å²) in [6.45, 7) is 6.48. The second-order valence-electron chi connectivity index (χ2n) is 8.28. The zero-order valence-corrected chi connectivity index (χ0v) is 18.2. The van der Waals surface area contributed by atoms with E-state index >= 15 is 0 Å². The number of aromatic hydroxyl groups is 1. The summed E-state index contributed by atoms with van der Waals surface area (Å²) in [6, 6.07) is 16.8. The van der Waals surface area contributed by atoms with E-state index in [1.807, 2.05) is 75.4 Å². The van der Waals surface area contributed by atoms with Crippen molar-refractivity contribution in [2.75, 3.05) is 13.2 Å². The molecule has 0 bridgehead atoms. The van der Waals surface area contributed by atoms with Crippen LogP contribution in [0.5, 0.6) is 11.5 Å². The van der Waals surface area contributed by atoms with Crippen molar-refractivity contribution in [2.24, 2.45) is 0 Å². The van der Waals surface area contributed by atoms with Gasteiger partial charge >= 0.3 is 0 Å². The van der Waals surface area contributed by atoms with E-state index < -0.39 is 6.10 Å². The molecule has 1 aromatic heterocycles. The van der Waals surface area contributed by atoms with Crippen LogP contribution in [-0.4, -0.2) is 40.2 Å². The quantitative estimate of drug-likeness (QED) is 0.454. The van der Waals surface area contributed by atoms with Crippen LogP contribution in [0.3, 0.4) is 0 Å². The summed E-state index contributed by atoms with van der Waals surface area (Å²) in [5.74, 6) is 1.64. The van der Waals surface area contributed by atoms with Gasteiger partial charge in [-0.15, -0.1) is 0 Å². The monoisotopic (exact) mass is 422 g/mol. The molecule has 2 aromatic carbocycles. The summed E-state index contributed by atoms with van der Waals surface area (Å²) < 4.78 is 11.1. The molecule has 6 heteroatoms. The number of para-hydroxylation sites is 2. The first-order valence-corrected chi connectivity index (χ1v) is 10.4. The number of aryl methyl sites for hydroxylation is 1. The van der Waals surface area contributed by atoms with Crippen LogP contribution in [0.2, 0.25) is 0 Å². The molecule has 3 rings (SSSR count). The highest BCUT2D eigenvalue weighted by Gasteiger charge is 2.21. The minimum Gasteiger partial charge on any atom is -0.508 e. The molecule has 1 heterocycles. The van der Waals surface area contributed by atoms with Crippen molar-refractivity contribution >= 4 is 12.2 Å². The van der Waals surface area contributed by atoms with Crippen molar-refractivity contribution in [2.45, 2.75) is 38.8 Å². The number of aliphatic hydroxyl groups is 1. The lowest BCUT2D eigenvalue weighted by Crippen LogP contribution is -2.46. The van der Waals surface area contributed by atoms with Gasteiger partial charge in [0, 0.05) is 23.7 Å². The molecule has 164 valence electrons. The summed E-state index contributed by atoms with van der Waals surface area (Å²) in [5, 5.41) is 27.6. The van der Waals surface area contributed by atoms with E-state index in [4.69, 9.17) is 9.26 Å². The predicted octanol–water partition coefficient (Wildman–Crippen LogP) is 4.21. The van der Waals surface area contributed by atoms with Gasteiger partial charge < -0.3 is 24.8 Å². The summed E-state index contributed by atoms with van der Waals surface area (Å²) in [6.07, 6.45) is 3.69. The van der Waals surface area contributed by atoms with E-state index in [2.05, 4.69) is 10.5 Å². The molecule has 0 radical (unpaired) electrons. The van der Waals surface area contributed by atoms with Crippen LogP contribution in [0.15, 0.2) is 59.1 Å². The van der Waals surface area contributed by atoms with E-state index in [1.165, 1.54) is 0 Å². The Morgan fingerprint density at radius 2 is 1.87 bits per heavy atom. The van der Waals surface area contributed by atoms with Crippen molar-refractivity contribution < 1.29 is 19.5 Å². The fourth-order valence-electron chi connectivity index (χ4n) is 3.22. The normalized spacial score (nSPS) is 12.9. The van der Waals surface area contributed by atoms with E-state index in [-0.39, 0.29) is 17.9 Å². The zero-order valence-electron chi connectivity index (χ0n) is 18.2. The molecule has 0 aliphatic heterocycles. The maximum atomic E-state index is 10.4. The first-order chi connectivity index (χ1) is 14.8. The van der Waals surface area contributed by atoms with Crippen molar-refractivity contribution in [1.29, 1.82) is 0 Å². The largest absolute Gasteiger partial charge is 0.508 e. The molecule has 0 spiro atoms. The second kappa shape index (κ2) is 10.3. The Kier molecular flexibility index (Phi) is 7.50. The molecule has 0 saturated heterocycles. The number of phenols is 1. The number of benzene rings is 2. The number of aliphatic hydroxyl groups excluding tert-OH is 1. The summed E-state index contributed by atoms with van der Waals surface area (Å²) >= 11 is 0. The third-order valence-electron chi connectivity index (χ3n) is 4.86. The fourth-order valence-corrected chi connectivity index (χ4v) is 3.22. The molecule has 6 nitrogen and oxygen atoms in total. The van der Waals surface area contributed by atoms with Crippen molar-refractivity contribution in [3.05, 3.63) is 77.2 Å². The lowest BCUT2D eigenvalue weighted by atomic mass is 9.94. The summed E-state index contributed by atoms with van der Waals surface area (Å²) in [5.41, 5.74) is 2.28. The molecule has 1 atom stereocenters. The molecular formula is C25H30N2O4. The smallest absolute Gasteiger partial charge is 0.159 e. The van der Waals surface area contributed by atoms with E-state index in [0.29, 0.717) is 24.5 Å². The number of aromatic nitrogens is 1. The Morgan fingerprint density at radius 1 is 1.13 bits per heavy atom. The van der Waals surface area contributed by atoms with Crippen molar-refractivity contribution in [3.63, 3.8) is 0 Å². The number of rotatable bonds is 10. The molecule has 0 aliphatic carbocycles.